The highest BCUT2D eigenvalue weighted by Gasteiger charge is 2.48. The van der Waals surface area contributed by atoms with Gasteiger partial charge in [-0.25, -0.2) is 4.39 Å². The molecule has 3 aromatic rings. The average molecular weight is 512 g/mol. The third kappa shape index (κ3) is 4.93. The van der Waals surface area contributed by atoms with Crippen LogP contribution in [-0.2, 0) is 16.2 Å². The molecular weight excluding hydrogens is 489 g/mol. The van der Waals surface area contributed by atoms with Crippen LogP contribution in [0.25, 0.3) is 0 Å². The number of methoxy groups -OCH3 is 1. The molecule has 170 valence electrons. The van der Waals surface area contributed by atoms with Crippen LogP contribution >= 0.6 is 15.9 Å². The number of benzene rings is 3. The lowest BCUT2D eigenvalue weighted by Crippen LogP contribution is -2.32. The van der Waals surface area contributed by atoms with Crippen LogP contribution in [0.3, 0.4) is 0 Å². The number of hydrogen-bond donors (Lipinski definition) is 0. The second kappa shape index (κ2) is 10.2. The van der Waals surface area contributed by atoms with Crippen molar-refractivity contribution in [3.05, 3.63) is 95.3 Å². The van der Waals surface area contributed by atoms with E-state index in [1.54, 1.807) is 31.4 Å². The van der Waals surface area contributed by atoms with E-state index in [2.05, 4.69) is 15.9 Å². The van der Waals surface area contributed by atoms with Gasteiger partial charge in [-0.3, -0.25) is 14.5 Å². The first kappa shape index (κ1) is 23.0. The Morgan fingerprint density at radius 1 is 0.818 bits per heavy atom. The van der Waals surface area contributed by atoms with Crippen LogP contribution in [0.4, 0.5) is 4.39 Å². The Morgan fingerprint density at radius 3 is 1.85 bits per heavy atom. The number of rotatable bonds is 8. The van der Waals surface area contributed by atoms with Crippen LogP contribution in [0.5, 0.6) is 11.5 Å². The summed E-state index contributed by atoms with van der Waals surface area (Å²) in [6.45, 7) is 0.677. The predicted octanol–water partition coefficient (Wildman–Crippen LogP) is 5.04. The lowest BCUT2D eigenvalue weighted by Gasteiger charge is -2.17. The van der Waals surface area contributed by atoms with Crippen molar-refractivity contribution in [1.29, 1.82) is 0 Å². The maximum Gasteiger partial charge on any atom is 0.237 e. The van der Waals surface area contributed by atoms with Crippen LogP contribution in [0.2, 0.25) is 0 Å². The molecule has 0 radical (unpaired) electrons. The Kier molecular flexibility index (Phi) is 7.08. The number of carbonyl (C=O) groups excluding carboxylic acids is 2. The first-order valence-electron chi connectivity index (χ1n) is 10.5. The molecule has 3 aromatic carbocycles. The fourth-order valence-electron chi connectivity index (χ4n) is 4.03. The number of halogens is 2. The Hall–Kier alpha value is -3.19. The number of hydrogen-bond acceptors (Lipinski definition) is 4. The van der Waals surface area contributed by atoms with Gasteiger partial charge in [0.05, 0.1) is 18.9 Å². The summed E-state index contributed by atoms with van der Waals surface area (Å²) in [5.41, 5.74) is 2.34. The molecule has 0 saturated carbocycles. The fourth-order valence-corrected chi connectivity index (χ4v) is 4.39. The van der Waals surface area contributed by atoms with Crippen molar-refractivity contribution in [2.24, 2.45) is 0 Å². The van der Waals surface area contributed by atoms with Crippen LogP contribution < -0.4 is 9.47 Å². The van der Waals surface area contributed by atoms with Gasteiger partial charge in [0.2, 0.25) is 11.8 Å². The Labute approximate surface area is 200 Å². The van der Waals surface area contributed by atoms with E-state index in [4.69, 9.17) is 9.47 Å². The zero-order valence-electron chi connectivity index (χ0n) is 18.0. The van der Waals surface area contributed by atoms with Crippen LogP contribution in [0, 0.1) is 5.82 Å². The van der Waals surface area contributed by atoms with Crippen molar-refractivity contribution in [2.75, 3.05) is 19.0 Å². The highest BCUT2D eigenvalue weighted by molar-refractivity contribution is 9.09. The van der Waals surface area contributed by atoms with Gasteiger partial charge in [0.1, 0.15) is 23.9 Å². The number of carbonyl (C=O) groups is 2. The molecule has 1 aliphatic heterocycles. The molecule has 4 rings (SSSR count). The maximum absolute atomic E-state index is 13.5. The molecule has 0 N–H and O–H groups in total. The number of nitrogens with zero attached hydrogens (tertiary/aromatic N) is 1. The van der Waals surface area contributed by atoms with Crippen LogP contribution in [-0.4, -0.2) is 35.7 Å². The third-order valence-electron chi connectivity index (χ3n) is 5.74. The molecule has 1 heterocycles. The monoisotopic (exact) mass is 511 g/mol. The van der Waals surface area contributed by atoms with Gasteiger partial charge in [0.15, 0.2) is 0 Å². The number of ether oxygens (including phenoxy) is 2. The van der Waals surface area contributed by atoms with Crippen molar-refractivity contribution in [1.82, 2.24) is 4.90 Å². The summed E-state index contributed by atoms with van der Waals surface area (Å²) in [5.74, 6) is -0.828. The second-order valence-corrected chi connectivity index (χ2v) is 8.52. The maximum atomic E-state index is 13.5. The molecular formula is C26H23BrFNO4. The minimum Gasteiger partial charge on any atom is -0.497 e. The standard InChI is InChI=1S/C26H23BrFNO4/c1-32-21-10-2-17(3-11-21)16-33-22-12-6-19(7-13-22)24-23(18-4-8-20(28)9-5-18)25(30)29(15-14-27)26(24)31/h2-13,23-24H,14-16H2,1H3. The molecule has 33 heavy (non-hydrogen) atoms. The van der Waals surface area contributed by atoms with Gasteiger partial charge in [-0.2, -0.15) is 0 Å². The summed E-state index contributed by atoms with van der Waals surface area (Å²) in [7, 11) is 1.62. The Morgan fingerprint density at radius 2 is 1.33 bits per heavy atom. The second-order valence-electron chi connectivity index (χ2n) is 7.73. The summed E-state index contributed by atoms with van der Waals surface area (Å²) in [6, 6.07) is 20.6. The van der Waals surface area contributed by atoms with E-state index in [0.29, 0.717) is 23.2 Å². The van der Waals surface area contributed by atoms with E-state index in [1.165, 1.54) is 17.0 Å². The predicted molar refractivity (Wildman–Crippen MR) is 126 cm³/mol. The molecule has 7 heteroatoms. The molecule has 0 aliphatic carbocycles. The summed E-state index contributed by atoms with van der Waals surface area (Å²) >= 11 is 3.31. The number of imide groups is 1. The first-order valence-corrected chi connectivity index (χ1v) is 11.7. The number of amides is 2. The van der Waals surface area contributed by atoms with E-state index >= 15 is 0 Å². The van der Waals surface area contributed by atoms with Crippen molar-refractivity contribution in [3.63, 3.8) is 0 Å². The van der Waals surface area contributed by atoms with Gasteiger partial charge < -0.3 is 9.47 Å². The molecule has 0 aromatic heterocycles. The van der Waals surface area contributed by atoms with Gasteiger partial charge in [-0.05, 0) is 53.1 Å². The largest absolute Gasteiger partial charge is 0.497 e. The number of likely N-dealkylation sites (tertiary alicyclic amines) is 1. The van der Waals surface area contributed by atoms with Crippen molar-refractivity contribution < 1.29 is 23.5 Å². The van der Waals surface area contributed by atoms with Crippen molar-refractivity contribution in [2.45, 2.75) is 18.4 Å². The molecule has 1 saturated heterocycles. The SMILES string of the molecule is COc1ccc(COc2ccc(C3C(=O)N(CCBr)C(=O)C3c3ccc(F)cc3)cc2)cc1. The minimum atomic E-state index is -0.691. The highest BCUT2D eigenvalue weighted by atomic mass is 79.9. The summed E-state index contributed by atoms with van der Waals surface area (Å²) < 4.78 is 24.5. The molecule has 2 atom stereocenters. The van der Waals surface area contributed by atoms with Gasteiger partial charge in [-0.15, -0.1) is 0 Å². The summed E-state index contributed by atoms with van der Waals surface area (Å²) in [4.78, 5) is 27.6. The summed E-state index contributed by atoms with van der Waals surface area (Å²) in [5, 5.41) is 0.492. The minimum absolute atomic E-state index is 0.249. The molecule has 1 aliphatic rings. The quantitative estimate of drug-likeness (QED) is 0.314. The molecule has 0 bridgehead atoms. The van der Waals surface area contributed by atoms with Crippen LogP contribution in [0.15, 0.2) is 72.8 Å². The normalized spacial score (nSPS) is 18.0. The molecule has 2 amide bonds. The fraction of sp³-hybridized carbons (Fsp3) is 0.231. The lowest BCUT2D eigenvalue weighted by atomic mass is 9.83. The highest BCUT2D eigenvalue weighted by Crippen LogP contribution is 2.42. The Balaban J connectivity index is 1.55. The van der Waals surface area contributed by atoms with Gasteiger partial charge >= 0.3 is 0 Å². The van der Waals surface area contributed by atoms with E-state index in [-0.39, 0.29) is 24.2 Å². The zero-order chi connectivity index (χ0) is 23.4. The van der Waals surface area contributed by atoms with Gasteiger partial charge in [0.25, 0.3) is 0 Å². The lowest BCUT2D eigenvalue weighted by molar-refractivity contribution is -0.138. The number of alkyl halides is 1. The Bertz CT molecular complexity index is 1120. The van der Waals surface area contributed by atoms with E-state index in [1.807, 2.05) is 36.4 Å². The van der Waals surface area contributed by atoms with Crippen molar-refractivity contribution in [3.8, 4) is 11.5 Å². The van der Waals surface area contributed by atoms with Crippen LogP contribution in [0.1, 0.15) is 28.5 Å². The first-order chi connectivity index (χ1) is 16.0. The molecule has 1 fully saturated rings. The summed E-state index contributed by atoms with van der Waals surface area (Å²) in [6.07, 6.45) is 0. The smallest absolute Gasteiger partial charge is 0.237 e. The van der Waals surface area contributed by atoms with Gasteiger partial charge in [-0.1, -0.05) is 52.3 Å². The van der Waals surface area contributed by atoms with Gasteiger partial charge in [0, 0.05) is 11.9 Å². The van der Waals surface area contributed by atoms with E-state index in [0.717, 1.165) is 16.9 Å². The molecule has 5 nitrogen and oxygen atoms in total. The van der Waals surface area contributed by atoms with Crippen molar-refractivity contribution >= 4 is 27.7 Å². The average Bonchev–Trinajstić information content (AvgIpc) is 3.09. The van der Waals surface area contributed by atoms with E-state index < -0.39 is 11.8 Å². The molecule has 2 unspecified atom stereocenters. The molecule has 0 spiro atoms. The topological polar surface area (TPSA) is 55.8 Å². The third-order valence-corrected chi connectivity index (χ3v) is 6.09. The zero-order valence-corrected chi connectivity index (χ0v) is 19.6. The van der Waals surface area contributed by atoms with E-state index in [9.17, 15) is 14.0 Å².